The van der Waals surface area contributed by atoms with Crippen LogP contribution in [0.5, 0.6) is 0 Å². The molecule has 3 aromatic rings. The SMILES string of the molecule is C=CC(=O)N1CC2(CC(n3nc(N4CCC(N(C)[C@@H]5CCOC5)CC4(C)C)c(-c4c(Cl)c(C)cc5[nH]ncc45)c3C)C2)C1. The number of likely N-dealkylation sites (tertiary alicyclic amines) is 1. The first-order valence-corrected chi connectivity index (χ1v) is 16.1. The number of piperidine rings is 1. The number of aryl methyl sites for hydroxylation is 1. The second-order valence-electron chi connectivity index (χ2n) is 14.2. The second kappa shape index (κ2) is 10.3. The Morgan fingerprint density at radius 3 is 2.63 bits per heavy atom. The number of fused-ring (bicyclic) bond motifs is 1. The summed E-state index contributed by atoms with van der Waals surface area (Å²) in [6.45, 7) is 16.9. The number of nitrogens with one attached hydrogen (secondary N) is 1. The van der Waals surface area contributed by atoms with Crippen LogP contribution < -0.4 is 4.90 Å². The standard InChI is InChI=1S/C33H44ClN7O2/c1-7-27(42)39-18-33(19-39)14-24(15-33)41-21(3)28(29-25-16-35-36-26(25)12-20(2)30(29)34)31(37-41)40-10-8-22(13-32(40,4)5)38(6)23-9-11-43-17-23/h7,12,16,22-24H,1,8-11,13-15,17-19H2,2-6H3,(H,35,36)/t22?,23-/m1/s1. The van der Waals surface area contributed by atoms with Gasteiger partial charge < -0.3 is 14.5 Å². The van der Waals surface area contributed by atoms with E-state index in [1.165, 1.54) is 6.08 Å². The first-order valence-electron chi connectivity index (χ1n) is 15.7. The molecule has 1 amide bonds. The molecule has 9 nitrogen and oxygen atoms in total. The van der Waals surface area contributed by atoms with Gasteiger partial charge in [0.15, 0.2) is 5.82 Å². The maximum absolute atomic E-state index is 12.1. The van der Waals surface area contributed by atoms with Crippen molar-refractivity contribution in [2.75, 3.05) is 44.8 Å². The van der Waals surface area contributed by atoms with E-state index in [-0.39, 0.29) is 16.9 Å². The van der Waals surface area contributed by atoms with E-state index in [4.69, 9.17) is 21.4 Å². The monoisotopic (exact) mass is 605 g/mol. The highest BCUT2D eigenvalue weighted by atomic mass is 35.5. The van der Waals surface area contributed by atoms with Crippen molar-refractivity contribution in [3.8, 4) is 11.1 Å². The molecule has 10 heteroatoms. The second-order valence-corrected chi connectivity index (χ2v) is 14.6. The molecule has 0 radical (unpaired) electrons. The van der Waals surface area contributed by atoms with Crippen molar-refractivity contribution >= 4 is 34.2 Å². The number of hydrogen-bond donors (Lipinski definition) is 1. The number of carbonyl (C=O) groups excluding carboxylic acids is 1. The van der Waals surface area contributed by atoms with Crippen molar-refractivity contribution in [1.29, 1.82) is 0 Å². The number of hydrogen-bond acceptors (Lipinski definition) is 6. The van der Waals surface area contributed by atoms with Crippen molar-refractivity contribution in [3.63, 3.8) is 0 Å². The third kappa shape index (κ3) is 4.61. The molecule has 1 unspecified atom stereocenters. The lowest BCUT2D eigenvalue weighted by Crippen LogP contribution is -2.63. The van der Waals surface area contributed by atoms with E-state index < -0.39 is 0 Å². The number of rotatable bonds is 6. The average molecular weight is 606 g/mol. The topological polar surface area (TPSA) is 82.5 Å². The zero-order valence-electron chi connectivity index (χ0n) is 26.1. The highest BCUT2D eigenvalue weighted by Gasteiger charge is 2.55. The molecule has 0 bridgehead atoms. The van der Waals surface area contributed by atoms with E-state index in [1.54, 1.807) is 0 Å². The predicted molar refractivity (Wildman–Crippen MR) is 171 cm³/mol. The Bertz CT molecular complexity index is 1570. The summed E-state index contributed by atoms with van der Waals surface area (Å²) in [6, 6.07) is 3.37. The fourth-order valence-corrected chi connectivity index (χ4v) is 8.71. The lowest BCUT2D eigenvalue weighted by Gasteiger charge is -2.58. The summed E-state index contributed by atoms with van der Waals surface area (Å²) < 4.78 is 7.99. The normalized spacial score (nSPS) is 25.0. The fourth-order valence-electron chi connectivity index (χ4n) is 8.46. The van der Waals surface area contributed by atoms with Crippen LogP contribution in [0.1, 0.15) is 63.3 Å². The summed E-state index contributed by atoms with van der Waals surface area (Å²) in [6.07, 6.45) is 8.60. The van der Waals surface area contributed by atoms with Gasteiger partial charge in [0, 0.05) is 71.5 Å². The van der Waals surface area contributed by atoms with Crippen molar-refractivity contribution in [2.45, 2.75) is 83.5 Å². The van der Waals surface area contributed by atoms with Gasteiger partial charge in [0.05, 0.1) is 29.4 Å². The summed E-state index contributed by atoms with van der Waals surface area (Å²) in [5, 5.41) is 14.8. The smallest absolute Gasteiger partial charge is 0.245 e. The number of carbonyl (C=O) groups is 1. The first-order chi connectivity index (χ1) is 20.5. The molecule has 230 valence electrons. The minimum absolute atomic E-state index is 0.0314. The number of aromatic amines is 1. The Balaban J connectivity index is 1.26. The van der Waals surface area contributed by atoms with Gasteiger partial charge >= 0.3 is 0 Å². The molecule has 1 aromatic carbocycles. The van der Waals surface area contributed by atoms with Gasteiger partial charge in [-0.05, 0) is 84.6 Å². The van der Waals surface area contributed by atoms with E-state index in [2.05, 4.69) is 72.1 Å². The van der Waals surface area contributed by atoms with E-state index in [1.807, 2.05) is 11.1 Å². The highest BCUT2D eigenvalue weighted by molar-refractivity contribution is 6.36. The summed E-state index contributed by atoms with van der Waals surface area (Å²) in [4.78, 5) is 19.1. The number of halogens is 1. The molecule has 3 saturated heterocycles. The number of likely N-dealkylation sites (N-methyl/N-ethyl adjacent to an activating group) is 1. The van der Waals surface area contributed by atoms with E-state index in [0.717, 1.165) is 109 Å². The van der Waals surface area contributed by atoms with Gasteiger partial charge in [-0.15, -0.1) is 0 Å². The average Bonchev–Trinajstić information content (AvgIpc) is 3.69. The maximum Gasteiger partial charge on any atom is 0.245 e. The van der Waals surface area contributed by atoms with Crippen molar-refractivity contribution in [3.05, 3.63) is 41.2 Å². The largest absolute Gasteiger partial charge is 0.380 e. The van der Waals surface area contributed by atoms with Gasteiger partial charge in [-0.2, -0.15) is 10.2 Å². The van der Waals surface area contributed by atoms with Gasteiger partial charge in [0.25, 0.3) is 0 Å². The van der Waals surface area contributed by atoms with Crippen molar-refractivity contribution < 1.29 is 9.53 Å². The van der Waals surface area contributed by atoms with Crippen LogP contribution in [-0.4, -0.2) is 93.2 Å². The van der Waals surface area contributed by atoms with Gasteiger partial charge in [0.1, 0.15) is 0 Å². The highest BCUT2D eigenvalue weighted by Crippen LogP contribution is 2.56. The van der Waals surface area contributed by atoms with Crippen LogP contribution in [0.15, 0.2) is 24.9 Å². The molecule has 1 spiro atoms. The van der Waals surface area contributed by atoms with Gasteiger partial charge in [-0.3, -0.25) is 19.5 Å². The molecule has 5 heterocycles. The van der Waals surface area contributed by atoms with E-state index in [9.17, 15) is 4.79 Å². The maximum atomic E-state index is 12.1. The van der Waals surface area contributed by atoms with Crippen LogP contribution >= 0.6 is 11.6 Å². The Morgan fingerprint density at radius 2 is 1.95 bits per heavy atom. The third-order valence-corrected chi connectivity index (χ3v) is 11.4. The summed E-state index contributed by atoms with van der Waals surface area (Å²) >= 11 is 7.17. The van der Waals surface area contributed by atoms with Crippen molar-refractivity contribution in [1.82, 2.24) is 29.8 Å². The molecule has 1 aliphatic carbocycles. The zero-order valence-corrected chi connectivity index (χ0v) is 26.9. The summed E-state index contributed by atoms with van der Waals surface area (Å²) in [7, 11) is 2.28. The fraction of sp³-hybridized carbons (Fsp3) is 0.606. The van der Waals surface area contributed by atoms with Gasteiger partial charge in [-0.25, -0.2) is 0 Å². The van der Waals surface area contributed by atoms with Crippen LogP contribution in [0.3, 0.4) is 0 Å². The predicted octanol–water partition coefficient (Wildman–Crippen LogP) is 5.51. The quantitative estimate of drug-likeness (QED) is 0.373. The van der Waals surface area contributed by atoms with Crippen LogP contribution in [0, 0.1) is 19.3 Å². The number of anilines is 1. The minimum atomic E-state index is -0.108. The van der Waals surface area contributed by atoms with Crippen LogP contribution in [0.25, 0.3) is 22.0 Å². The zero-order chi connectivity index (χ0) is 30.3. The number of aromatic nitrogens is 4. The Hall–Kier alpha value is -2.88. The van der Waals surface area contributed by atoms with Gasteiger partial charge in [-0.1, -0.05) is 18.2 Å². The number of benzene rings is 1. The first kappa shape index (κ1) is 28.9. The molecule has 1 N–H and O–H groups in total. The molecule has 4 fully saturated rings. The number of H-pyrrole nitrogens is 1. The van der Waals surface area contributed by atoms with Crippen molar-refractivity contribution in [2.24, 2.45) is 5.41 Å². The Labute approximate surface area is 259 Å². The molecule has 2 aromatic heterocycles. The third-order valence-electron chi connectivity index (χ3n) is 10.9. The number of ether oxygens (including phenoxy) is 1. The molecule has 1 saturated carbocycles. The summed E-state index contributed by atoms with van der Waals surface area (Å²) in [5.41, 5.74) is 5.37. The lowest BCUT2D eigenvalue weighted by atomic mass is 9.60. The minimum Gasteiger partial charge on any atom is -0.380 e. The van der Waals surface area contributed by atoms with Crippen LogP contribution in [-0.2, 0) is 9.53 Å². The molecule has 43 heavy (non-hydrogen) atoms. The number of nitrogens with zero attached hydrogens (tertiary/aromatic N) is 6. The van der Waals surface area contributed by atoms with Crippen LogP contribution in [0.4, 0.5) is 5.82 Å². The lowest BCUT2D eigenvalue weighted by molar-refractivity contribution is -0.149. The number of amides is 1. The molecular formula is C33H44ClN7O2. The van der Waals surface area contributed by atoms with Crippen LogP contribution in [0.2, 0.25) is 5.02 Å². The molecule has 4 aliphatic rings. The molecule has 3 aliphatic heterocycles. The van der Waals surface area contributed by atoms with Gasteiger partial charge in [0.2, 0.25) is 5.91 Å². The van der Waals surface area contributed by atoms with E-state index in [0.29, 0.717) is 18.1 Å². The summed E-state index contributed by atoms with van der Waals surface area (Å²) in [5.74, 6) is 1.05. The Kier molecular flexibility index (Phi) is 6.95. The molecule has 7 rings (SSSR count). The Morgan fingerprint density at radius 1 is 1.19 bits per heavy atom. The molecular weight excluding hydrogens is 562 g/mol. The van der Waals surface area contributed by atoms with E-state index >= 15 is 0 Å². The molecule has 2 atom stereocenters.